The van der Waals surface area contributed by atoms with E-state index in [0.29, 0.717) is 22.9 Å². The van der Waals surface area contributed by atoms with Gasteiger partial charge in [-0.3, -0.25) is 4.79 Å². The van der Waals surface area contributed by atoms with Crippen molar-refractivity contribution in [3.05, 3.63) is 72.3 Å². The van der Waals surface area contributed by atoms with Gasteiger partial charge in [0.05, 0.1) is 12.7 Å². The molecule has 0 bridgehead atoms. The van der Waals surface area contributed by atoms with E-state index in [1.54, 1.807) is 36.4 Å². The molecule has 0 saturated heterocycles. The monoisotopic (exact) mass is 320 g/mol. The quantitative estimate of drug-likeness (QED) is 0.752. The third kappa shape index (κ3) is 3.67. The Hall–Kier alpha value is -3.41. The molecule has 0 atom stereocenters. The Bertz CT molecular complexity index is 820. The summed E-state index contributed by atoms with van der Waals surface area (Å²) in [5.41, 5.74) is 1.35. The number of nitrogens with zero attached hydrogens (tertiary/aromatic N) is 2. The van der Waals surface area contributed by atoms with Gasteiger partial charge in [-0.05, 0) is 36.4 Å². The molecule has 3 aromatic rings. The lowest BCUT2D eigenvalue weighted by Gasteiger charge is -2.09. The lowest BCUT2D eigenvalue weighted by Crippen LogP contribution is -2.14. The Morgan fingerprint density at radius 2 is 1.54 bits per heavy atom. The van der Waals surface area contributed by atoms with E-state index in [2.05, 4.69) is 20.8 Å². The van der Waals surface area contributed by atoms with Crippen LogP contribution in [0.1, 0.15) is 10.4 Å². The van der Waals surface area contributed by atoms with Crippen molar-refractivity contribution in [3.8, 4) is 5.75 Å². The van der Waals surface area contributed by atoms with Crippen molar-refractivity contribution < 1.29 is 9.53 Å². The first-order chi connectivity index (χ1) is 11.8. The van der Waals surface area contributed by atoms with E-state index in [0.717, 1.165) is 5.69 Å². The van der Waals surface area contributed by atoms with Crippen molar-refractivity contribution in [3.63, 3.8) is 0 Å². The van der Waals surface area contributed by atoms with Crippen LogP contribution in [0.5, 0.6) is 5.75 Å². The molecule has 0 saturated carbocycles. The third-order valence-corrected chi connectivity index (χ3v) is 3.30. The smallest absolute Gasteiger partial charge is 0.260 e. The molecule has 0 fully saturated rings. The highest BCUT2D eigenvalue weighted by Crippen LogP contribution is 2.19. The van der Waals surface area contributed by atoms with Crippen LogP contribution in [-0.2, 0) is 0 Å². The molecule has 1 aromatic heterocycles. The molecule has 2 aromatic carbocycles. The predicted molar refractivity (Wildman–Crippen MR) is 92.7 cm³/mol. The maximum atomic E-state index is 12.3. The molecule has 0 aliphatic rings. The van der Waals surface area contributed by atoms with Crippen LogP contribution in [0.25, 0.3) is 0 Å². The summed E-state index contributed by atoms with van der Waals surface area (Å²) in [6.07, 6.45) is 0. The number of nitrogens with one attached hydrogen (secondary N) is 2. The molecule has 0 aliphatic heterocycles. The molecule has 1 amide bonds. The fourth-order valence-corrected chi connectivity index (χ4v) is 2.15. The number of carbonyl (C=O) groups excluding carboxylic acids is 1. The van der Waals surface area contributed by atoms with Gasteiger partial charge in [0, 0.05) is 5.69 Å². The number of aromatic nitrogens is 2. The van der Waals surface area contributed by atoms with Gasteiger partial charge in [-0.15, -0.1) is 10.2 Å². The van der Waals surface area contributed by atoms with Gasteiger partial charge < -0.3 is 15.4 Å². The fourth-order valence-electron chi connectivity index (χ4n) is 2.15. The van der Waals surface area contributed by atoms with Crippen LogP contribution in [0.3, 0.4) is 0 Å². The molecule has 2 N–H and O–H groups in total. The van der Waals surface area contributed by atoms with Crippen molar-refractivity contribution in [1.29, 1.82) is 0 Å². The molecule has 6 heteroatoms. The average Bonchev–Trinajstić information content (AvgIpc) is 2.64. The first-order valence-corrected chi connectivity index (χ1v) is 7.36. The van der Waals surface area contributed by atoms with Gasteiger partial charge in [-0.2, -0.15) is 0 Å². The van der Waals surface area contributed by atoms with Gasteiger partial charge in [0.1, 0.15) is 5.75 Å². The Morgan fingerprint density at radius 1 is 0.875 bits per heavy atom. The van der Waals surface area contributed by atoms with Crippen molar-refractivity contribution in [2.24, 2.45) is 0 Å². The van der Waals surface area contributed by atoms with Crippen LogP contribution in [0.15, 0.2) is 66.7 Å². The van der Waals surface area contributed by atoms with Crippen LogP contribution < -0.4 is 15.4 Å². The molecule has 1 heterocycles. The lowest BCUT2D eigenvalue weighted by molar-refractivity contribution is 0.102. The largest absolute Gasteiger partial charge is 0.496 e. The molecule has 0 unspecified atom stereocenters. The van der Waals surface area contributed by atoms with E-state index in [-0.39, 0.29) is 5.91 Å². The highest BCUT2D eigenvalue weighted by molar-refractivity contribution is 6.05. The van der Waals surface area contributed by atoms with Crippen molar-refractivity contribution in [2.45, 2.75) is 0 Å². The molecule has 0 radical (unpaired) electrons. The number of ether oxygens (including phenoxy) is 1. The SMILES string of the molecule is COc1ccccc1C(=O)Nc1ccc(Nc2ccccc2)nn1. The number of rotatable bonds is 5. The van der Waals surface area contributed by atoms with Crippen LogP contribution in [0.4, 0.5) is 17.3 Å². The zero-order valence-electron chi connectivity index (χ0n) is 13.1. The summed E-state index contributed by atoms with van der Waals surface area (Å²) >= 11 is 0. The number of hydrogen-bond acceptors (Lipinski definition) is 5. The van der Waals surface area contributed by atoms with Gasteiger partial charge in [0.2, 0.25) is 0 Å². The van der Waals surface area contributed by atoms with E-state index < -0.39 is 0 Å². The minimum absolute atomic E-state index is 0.300. The van der Waals surface area contributed by atoms with Crippen LogP contribution in [0.2, 0.25) is 0 Å². The normalized spacial score (nSPS) is 10.0. The second-order valence-corrected chi connectivity index (χ2v) is 4.95. The number of benzene rings is 2. The van der Waals surface area contributed by atoms with Gasteiger partial charge >= 0.3 is 0 Å². The molecule has 0 aliphatic carbocycles. The number of carbonyl (C=O) groups is 1. The minimum Gasteiger partial charge on any atom is -0.496 e. The average molecular weight is 320 g/mol. The van der Waals surface area contributed by atoms with Gasteiger partial charge in [-0.25, -0.2) is 0 Å². The molecular formula is C18H16N4O2. The van der Waals surface area contributed by atoms with E-state index in [1.807, 2.05) is 30.3 Å². The summed E-state index contributed by atoms with van der Waals surface area (Å²) in [7, 11) is 1.52. The topological polar surface area (TPSA) is 76.1 Å². The minimum atomic E-state index is -0.300. The number of hydrogen-bond donors (Lipinski definition) is 2. The van der Waals surface area contributed by atoms with E-state index in [1.165, 1.54) is 7.11 Å². The Kier molecular flexibility index (Phi) is 4.67. The van der Waals surface area contributed by atoms with Gasteiger partial charge in [0.25, 0.3) is 5.91 Å². The summed E-state index contributed by atoms with van der Waals surface area (Å²) in [5, 5.41) is 13.9. The van der Waals surface area contributed by atoms with Crippen LogP contribution >= 0.6 is 0 Å². The lowest BCUT2D eigenvalue weighted by atomic mass is 10.2. The summed E-state index contributed by atoms with van der Waals surface area (Å²) in [5.74, 6) is 1.16. The number of para-hydroxylation sites is 2. The van der Waals surface area contributed by atoms with E-state index >= 15 is 0 Å². The third-order valence-electron chi connectivity index (χ3n) is 3.30. The Morgan fingerprint density at radius 3 is 2.25 bits per heavy atom. The fraction of sp³-hybridized carbons (Fsp3) is 0.0556. The molecule has 6 nitrogen and oxygen atoms in total. The van der Waals surface area contributed by atoms with Crippen LogP contribution in [-0.4, -0.2) is 23.2 Å². The zero-order chi connectivity index (χ0) is 16.8. The highest BCUT2D eigenvalue weighted by atomic mass is 16.5. The summed E-state index contributed by atoms with van der Waals surface area (Å²) in [4.78, 5) is 12.3. The van der Waals surface area contributed by atoms with Gasteiger partial charge in [0.15, 0.2) is 11.6 Å². The van der Waals surface area contributed by atoms with Crippen LogP contribution in [0, 0.1) is 0 Å². The van der Waals surface area contributed by atoms with Crippen molar-refractivity contribution in [2.75, 3.05) is 17.7 Å². The maximum absolute atomic E-state index is 12.3. The number of methoxy groups -OCH3 is 1. The second kappa shape index (κ2) is 7.23. The second-order valence-electron chi connectivity index (χ2n) is 4.95. The van der Waals surface area contributed by atoms with Crippen molar-refractivity contribution in [1.82, 2.24) is 10.2 Å². The van der Waals surface area contributed by atoms with E-state index in [9.17, 15) is 4.79 Å². The number of amides is 1. The Balaban J connectivity index is 1.69. The predicted octanol–water partition coefficient (Wildman–Crippen LogP) is 3.48. The molecule has 24 heavy (non-hydrogen) atoms. The van der Waals surface area contributed by atoms with Gasteiger partial charge in [-0.1, -0.05) is 30.3 Å². The number of anilines is 3. The molecule has 0 spiro atoms. The molecular weight excluding hydrogens is 304 g/mol. The molecule has 120 valence electrons. The first kappa shape index (κ1) is 15.5. The highest BCUT2D eigenvalue weighted by Gasteiger charge is 2.12. The van der Waals surface area contributed by atoms with Crippen molar-refractivity contribution >= 4 is 23.2 Å². The maximum Gasteiger partial charge on any atom is 0.260 e. The summed E-state index contributed by atoms with van der Waals surface area (Å²) < 4.78 is 5.18. The zero-order valence-corrected chi connectivity index (χ0v) is 13.1. The van der Waals surface area contributed by atoms with E-state index in [4.69, 9.17) is 4.74 Å². The Labute approximate surface area is 139 Å². The summed E-state index contributed by atoms with van der Waals surface area (Å²) in [6, 6.07) is 20.1. The first-order valence-electron chi connectivity index (χ1n) is 7.36. The summed E-state index contributed by atoms with van der Waals surface area (Å²) in [6.45, 7) is 0. The molecule has 3 rings (SSSR count). The standard InChI is InChI=1S/C18H16N4O2/c1-24-15-10-6-5-9-14(15)18(23)20-17-12-11-16(21-22-17)19-13-7-3-2-4-8-13/h2-12H,1H3,(H,19,21)(H,20,22,23).